The third kappa shape index (κ3) is 3.15. The maximum absolute atomic E-state index is 11.9. The van der Waals surface area contributed by atoms with Gasteiger partial charge in [-0.25, -0.2) is 8.42 Å². The SMILES string of the molecule is O=C(O)CNS(=O)(=O)c1ccc2c([N+](=O)[O-])cccc2c1. The second-order valence-electron chi connectivity index (χ2n) is 4.14. The molecule has 0 heterocycles. The molecule has 0 radical (unpaired) electrons. The first-order valence-electron chi connectivity index (χ1n) is 5.70. The predicted octanol–water partition coefficient (Wildman–Crippen LogP) is 1.11. The summed E-state index contributed by atoms with van der Waals surface area (Å²) in [7, 11) is -3.98. The van der Waals surface area contributed by atoms with Crippen molar-refractivity contribution in [2.45, 2.75) is 4.90 Å². The summed E-state index contributed by atoms with van der Waals surface area (Å²) in [6.45, 7) is -0.741. The molecule has 0 amide bonds. The molecule has 0 aromatic heterocycles. The van der Waals surface area contributed by atoms with Crippen LogP contribution in [0.15, 0.2) is 41.3 Å². The Morgan fingerprint density at radius 3 is 2.62 bits per heavy atom. The van der Waals surface area contributed by atoms with Crippen molar-refractivity contribution in [1.82, 2.24) is 4.72 Å². The summed E-state index contributed by atoms with van der Waals surface area (Å²) in [5.74, 6) is -1.31. The van der Waals surface area contributed by atoms with Crippen molar-refractivity contribution < 1.29 is 23.2 Å². The van der Waals surface area contributed by atoms with Crippen molar-refractivity contribution in [2.24, 2.45) is 0 Å². The van der Waals surface area contributed by atoms with E-state index < -0.39 is 27.5 Å². The van der Waals surface area contributed by atoms with E-state index in [2.05, 4.69) is 0 Å². The third-order valence-electron chi connectivity index (χ3n) is 2.75. The van der Waals surface area contributed by atoms with E-state index in [0.717, 1.165) is 0 Å². The van der Waals surface area contributed by atoms with Gasteiger partial charge in [-0.2, -0.15) is 4.72 Å². The van der Waals surface area contributed by atoms with Gasteiger partial charge in [0.2, 0.25) is 10.0 Å². The van der Waals surface area contributed by atoms with Gasteiger partial charge in [-0.3, -0.25) is 14.9 Å². The molecule has 0 saturated carbocycles. The topological polar surface area (TPSA) is 127 Å². The Morgan fingerprint density at radius 1 is 1.29 bits per heavy atom. The molecule has 9 heteroatoms. The lowest BCUT2D eigenvalue weighted by molar-refractivity contribution is -0.383. The van der Waals surface area contributed by atoms with Gasteiger partial charge in [0.05, 0.1) is 15.2 Å². The maximum atomic E-state index is 11.9. The number of rotatable bonds is 5. The smallest absolute Gasteiger partial charge is 0.318 e. The summed E-state index contributed by atoms with van der Waals surface area (Å²) in [6, 6.07) is 8.08. The minimum Gasteiger partial charge on any atom is -0.480 e. The molecule has 2 N–H and O–H groups in total. The molecular weight excluding hydrogens is 300 g/mol. The number of carbonyl (C=O) groups is 1. The van der Waals surface area contributed by atoms with Crippen molar-refractivity contribution in [2.75, 3.05) is 6.54 Å². The molecule has 0 aliphatic heterocycles. The molecule has 110 valence electrons. The van der Waals surface area contributed by atoms with Crippen LogP contribution in [0.5, 0.6) is 0 Å². The first kappa shape index (κ1) is 14.9. The van der Waals surface area contributed by atoms with E-state index in [1.807, 2.05) is 4.72 Å². The largest absolute Gasteiger partial charge is 0.480 e. The van der Waals surface area contributed by atoms with Crippen LogP contribution in [0.3, 0.4) is 0 Å². The van der Waals surface area contributed by atoms with Crippen molar-refractivity contribution in [3.8, 4) is 0 Å². The summed E-state index contributed by atoms with van der Waals surface area (Å²) < 4.78 is 25.7. The van der Waals surface area contributed by atoms with Gasteiger partial charge in [-0.1, -0.05) is 12.1 Å². The minimum atomic E-state index is -3.98. The number of non-ortho nitro benzene ring substituents is 1. The standard InChI is InChI=1S/C12H10N2O6S/c15-12(16)7-13-21(19,20)9-4-5-10-8(6-9)2-1-3-11(10)14(17)18/h1-6,13H,7H2,(H,15,16). The Hall–Kier alpha value is -2.52. The molecule has 21 heavy (non-hydrogen) atoms. The molecule has 2 aromatic rings. The molecule has 2 rings (SSSR count). The van der Waals surface area contributed by atoms with Gasteiger partial charge in [-0.15, -0.1) is 0 Å². The molecule has 0 fully saturated rings. The second kappa shape index (κ2) is 5.46. The van der Waals surface area contributed by atoms with Gasteiger partial charge in [0.25, 0.3) is 5.69 Å². The summed E-state index contributed by atoms with van der Waals surface area (Å²) in [4.78, 5) is 20.6. The predicted molar refractivity (Wildman–Crippen MR) is 73.4 cm³/mol. The number of hydrogen-bond donors (Lipinski definition) is 2. The molecule has 0 aliphatic rings. The highest BCUT2D eigenvalue weighted by atomic mass is 32.2. The van der Waals surface area contributed by atoms with Gasteiger partial charge in [0, 0.05) is 6.07 Å². The zero-order valence-corrected chi connectivity index (χ0v) is 11.3. The molecule has 0 atom stereocenters. The van der Waals surface area contributed by atoms with Crippen LogP contribution in [0.2, 0.25) is 0 Å². The van der Waals surface area contributed by atoms with Crippen LogP contribution in [0.1, 0.15) is 0 Å². The Labute approximate surface area is 119 Å². The molecule has 0 saturated heterocycles. The number of benzene rings is 2. The summed E-state index contributed by atoms with van der Waals surface area (Å²) >= 11 is 0. The van der Waals surface area contributed by atoms with Crippen LogP contribution in [0.25, 0.3) is 10.8 Å². The summed E-state index contributed by atoms with van der Waals surface area (Å²) in [6.07, 6.45) is 0. The molecular formula is C12H10N2O6S. The highest BCUT2D eigenvalue weighted by Crippen LogP contribution is 2.27. The number of carboxylic acids is 1. The van der Waals surface area contributed by atoms with E-state index in [9.17, 15) is 23.3 Å². The molecule has 8 nitrogen and oxygen atoms in total. The summed E-state index contributed by atoms with van der Waals surface area (Å²) in [5, 5.41) is 20.1. The fourth-order valence-corrected chi connectivity index (χ4v) is 2.82. The second-order valence-corrected chi connectivity index (χ2v) is 5.90. The Morgan fingerprint density at radius 2 is 2.00 bits per heavy atom. The number of nitro benzene ring substituents is 1. The van der Waals surface area contributed by atoms with Crippen LogP contribution >= 0.6 is 0 Å². The van der Waals surface area contributed by atoms with Gasteiger partial charge in [-0.05, 0) is 23.6 Å². The van der Waals surface area contributed by atoms with Crippen molar-refractivity contribution in [3.05, 3.63) is 46.5 Å². The van der Waals surface area contributed by atoms with Gasteiger partial charge < -0.3 is 5.11 Å². The average Bonchev–Trinajstić information content (AvgIpc) is 2.43. The van der Waals surface area contributed by atoms with Crippen molar-refractivity contribution in [3.63, 3.8) is 0 Å². The zero-order chi connectivity index (χ0) is 15.6. The molecule has 0 bridgehead atoms. The average molecular weight is 310 g/mol. The molecule has 0 aliphatic carbocycles. The van der Waals surface area contributed by atoms with Crippen LogP contribution in [-0.2, 0) is 14.8 Å². The fourth-order valence-electron chi connectivity index (χ4n) is 1.81. The Kier molecular flexibility index (Phi) is 3.87. The van der Waals surface area contributed by atoms with Gasteiger partial charge in [0.1, 0.15) is 6.54 Å². The maximum Gasteiger partial charge on any atom is 0.318 e. The van der Waals surface area contributed by atoms with E-state index >= 15 is 0 Å². The van der Waals surface area contributed by atoms with E-state index in [4.69, 9.17) is 5.11 Å². The van der Waals surface area contributed by atoms with Crippen LogP contribution < -0.4 is 4.72 Å². The normalized spacial score (nSPS) is 11.4. The lowest BCUT2D eigenvalue weighted by Gasteiger charge is -2.06. The quantitative estimate of drug-likeness (QED) is 0.629. The number of carboxylic acid groups (broad SMARTS) is 1. The van der Waals surface area contributed by atoms with E-state index in [-0.39, 0.29) is 10.6 Å². The number of nitrogens with one attached hydrogen (secondary N) is 1. The summed E-state index contributed by atoms with van der Waals surface area (Å²) in [5.41, 5.74) is -0.130. The number of nitro groups is 1. The highest BCUT2D eigenvalue weighted by Gasteiger charge is 2.18. The lowest BCUT2D eigenvalue weighted by Crippen LogP contribution is -2.29. The Bertz CT molecular complexity index is 831. The number of nitrogens with zero attached hydrogens (tertiary/aromatic N) is 1. The van der Waals surface area contributed by atoms with E-state index in [1.165, 1.54) is 30.3 Å². The minimum absolute atomic E-state index is 0.130. The van der Waals surface area contributed by atoms with Crippen molar-refractivity contribution in [1.29, 1.82) is 0 Å². The first-order valence-corrected chi connectivity index (χ1v) is 7.18. The molecule has 0 spiro atoms. The van der Waals surface area contributed by atoms with Crippen LogP contribution in [0, 0.1) is 10.1 Å². The Balaban J connectivity index is 2.49. The zero-order valence-electron chi connectivity index (χ0n) is 10.5. The van der Waals surface area contributed by atoms with E-state index in [1.54, 1.807) is 6.07 Å². The number of sulfonamides is 1. The van der Waals surface area contributed by atoms with Crippen LogP contribution in [-0.4, -0.2) is 31.0 Å². The molecule has 2 aromatic carbocycles. The first-order chi connectivity index (χ1) is 9.81. The number of hydrogen-bond acceptors (Lipinski definition) is 5. The third-order valence-corrected chi connectivity index (χ3v) is 4.15. The number of aliphatic carboxylic acids is 1. The van der Waals surface area contributed by atoms with Gasteiger partial charge in [0.15, 0.2) is 0 Å². The monoisotopic (exact) mass is 310 g/mol. The molecule has 0 unspecified atom stereocenters. The highest BCUT2D eigenvalue weighted by molar-refractivity contribution is 7.89. The van der Waals surface area contributed by atoms with Gasteiger partial charge >= 0.3 is 5.97 Å². The van der Waals surface area contributed by atoms with E-state index in [0.29, 0.717) is 10.8 Å². The van der Waals surface area contributed by atoms with Crippen molar-refractivity contribution >= 4 is 32.5 Å². The van der Waals surface area contributed by atoms with Crippen LogP contribution in [0.4, 0.5) is 5.69 Å². The number of fused-ring (bicyclic) bond motifs is 1. The fraction of sp³-hybridized carbons (Fsp3) is 0.0833. The lowest BCUT2D eigenvalue weighted by atomic mass is 10.1.